The van der Waals surface area contributed by atoms with Gasteiger partial charge in [0.25, 0.3) is 0 Å². The van der Waals surface area contributed by atoms with Gasteiger partial charge in [-0.3, -0.25) is 0 Å². The molecular formula is C11H20N4OS. The van der Waals surface area contributed by atoms with Gasteiger partial charge >= 0.3 is 6.01 Å². The Kier molecular flexibility index (Phi) is 6.04. The summed E-state index contributed by atoms with van der Waals surface area (Å²) in [6.45, 7) is 6.03. The van der Waals surface area contributed by atoms with E-state index in [9.17, 15) is 0 Å². The van der Waals surface area contributed by atoms with Gasteiger partial charge in [0.05, 0.1) is 6.10 Å². The van der Waals surface area contributed by atoms with Crippen molar-refractivity contribution in [3.05, 3.63) is 0 Å². The number of ether oxygens (including phenoxy) is 1. The van der Waals surface area contributed by atoms with E-state index in [0.717, 1.165) is 12.2 Å². The second kappa shape index (κ2) is 7.32. The van der Waals surface area contributed by atoms with E-state index in [0.29, 0.717) is 11.2 Å². The first-order valence-corrected chi connectivity index (χ1v) is 6.91. The Balaban J connectivity index is 2.56. The number of nitrogen functional groups attached to an aromatic ring is 1. The molecule has 0 radical (unpaired) electrons. The van der Waals surface area contributed by atoms with Crippen LogP contribution in [0.5, 0.6) is 6.01 Å². The maximum absolute atomic E-state index is 5.61. The maximum Gasteiger partial charge on any atom is 0.322 e. The minimum Gasteiger partial charge on any atom is -0.461 e. The van der Waals surface area contributed by atoms with Gasteiger partial charge < -0.3 is 10.5 Å². The van der Waals surface area contributed by atoms with E-state index in [1.165, 1.54) is 12.8 Å². The van der Waals surface area contributed by atoms with Crippen LogP contribution in [0.3, 0.4) is 0 Å². The summed E-state index contributed by atoms with van der Waals surface area (Å²) in [7, 11) is 0. The monoisotopic (exact) mass is 256 g/mol. The Morgan fingerprint density at radius 2 is 2.00 bits per heavy atom. The molecule has 1 rings (SSSR count). The van der Waals surface area contributed by atoms with E-state index >= 15 is 0 Å². The third-order valence-corrected chi connectivity index (χ3v) is 2.87. The minimum atomic E-state index is 0.0368. The Morgan fingerprint density at radius 3 is 2.65 bits per heavy atom. The number of rotatable bonds is 7. The van der Waals surface area contributed by atoms with Crippen molar-refractivity contribution in [2.75, 3.05) is 11.5 Å². The van der Waals surface area contributed by atoms with Crippen molar-refractivity contribution in [3.63, 3.8) is 0 Å². The summed E-state index contributed by atoms with van der Waals surface area (Å²) in [6, 6.07) is 0.311. The summed E-state index contributed by atoms with van der Waals surface area (Å²) in [5.41, 5.74) is 5.61. The predicted molar refractivity (Wildman–Crippen MR) is 70.3 cm³/mol. The zero-order chi connectivity index (χ0) is 12.7. The molecule has 0 unspecified atom stereocenters. The molecule has 0 saturated carbocycles. The summed E-state index contributed by atoms with van der Waals surface area (Å²) >= 11 is 1.59. The van der Waals surface area contributed by atoms with E-state index in [1.807, 2.05) is 13.8 Å². The van der Waals surface area contributed by atoms with Crippen LogP contribution in [0.15, 0.2) is 5.16 Å². The van der Waals surface area contributed by atoms with Crippen LogP contribution in [-0.4, -0.2) is 26.8 Å². The maximum atomic E-state index is 5.61. The van der Waals surface area contributed by atoms with Gasteiger partial charge in [0.2, 0.25) is 5.95 Å². The lowest BCUT2D eigenvalue weighted by molar-refractivity contribution is 0.219. The van der Waals surface area contributed by atoms with Gasteiger partial charge in [-0.1, -0.05) is 31.5 Å². The molecule has 2 N–H and O–H groups in total. The highest BCUT2D eigenvalue weighted by Gasteiger charge is 2.07. The molecule has 6 heteroatoms. The molecule has 0 aliphatic carbocycles. The zero-order valence-electron chi connectivity index (χ0n) is 10.6. The number of nitrogens with zero attached hydrogens (tertiary/aromatic N) is 3. The first-order valence-electron chi connectivity index (χ1n) is 5.92. The topological polar surface area (TPSA) is 73.9 Å². The lowest BCUT2D eigenvalue weighted by Crippen LogP contribution is -2.11. The van der Waals surface area contributed by atoms with E-state index in [2.05, 4.69) is 21.9 Å². The van der Waals surface area contributed by atoms with Gasteiger partial charge in [0, 0.05) is 5.75 Å². The van der Waals surface area contributed by atoms with Gasteiger partial charge in [0.1, 0.15) is 0 Å². The quantitative estimate of drug-likeness (QED) is 0.597. The van der Waals surface area contributed by atoms with Crippen molar-refractivity contribution in [2.45, 2.75) is 51.3 Å². The molecule has 0 atom stereocenters. The molecule has 17 heavy (non-hydrogen) atoms. The number of hydrogen-bond acceptors (Lipinski definition) is 6. The minimum absolute atomic E-state index is 0.0368. The Hall–Kier alpha value is -1.04. The smallest absolute Gasteiger partial charge is 0.322 e. The predicted octanol–water partition coefficient (Wildman–Crippen LogP) is 2.52. The third-order valence-electron chi connectivity index (χ3n) is 1.93. The van der Waals surface area contributed by atoms with E-state index in [1.54, 1.807) is 11.8 Å². The summed E-state index contributed by atoms with van der Waals surface area (Å²) in [6.07, 6.45) is 3.63. The molecule has 0 bridgehead atoms. The van der Waals surface area contributed by atoms with Crippen LogP contribution in [0.1, 0.15) is 40.0 Å². The van der Waals surface area contributed by atoms with Gasteiger partial charge in [-0.25, -0.2) is 0 Å². The van der Waals surface area contributed by atoms with Crippen molar-refractivity contribution in [3.8, 4) is 6.01 Å². The Bertz CT molecular complexity index is 346. The second-order valence-corrected chi connectivity index (χ2v) is 5.04. The SMILES string of the molecule is CCCCCSc1nc(N)nc(OC(C)C)n1. The van der Waals surface area contributed by atoms with Crippen molar-refractivity contribution in [1.29, 1.82) is 0 Å². The van der Waals surface area contributed by atoms with Crippen LogP contribution in [0.4, 0.5) is 5.95 Å². The molecule has 1 aromatic rings. The summed E-state index contributed by atoms with van der Waals surface area (Å²) in [4.78, 5) is 12.2. The summed E-state index contributed by atoms with van der Waals surface area (Å²) in [5.74, 6) is 1.21. The van der Waals surface area contributed by atoms with E-state index in [4.69, 9.17) is 10.5 Å². The molecular weight excluding hydrogens is 236 g/mol. The second-order valence-electron chi connectivity index (χ2n) is 3.98. The van der Waals surface area contributed by atoms with Crippen LogP contribution < -0.4 is 10.5 Å². The highest BCUT2D eigenvalue weighted by atomic mass is 32.2. The number of nitrogens with two attached hydrogens (primary N) is 1. The van der Waals surface area contributed by atoms with Crippen LogP contribution in [0.2, 0.25) is 0 Å². The largest absolute Gasteiger partial charge is 0.461 e. The molecule has 0 saturated heterocycles. The van der Waals surface area contributed by atoms with Gasteiger partial charge in [-0.15, -0.1) is 0 Å². The molecule has 5 nitrogen and oxygen atoms in total. The van der Waals surface area contributed by atoms with Crippen LogP contribution in [0, 0.1) is 0 Å². The molecule has 0 amide bonds. The first kappa shape index (κ1) is 14.0. The standard InChI is InChI=1S/C11H20N4OS/c1-4-5-6-7-17-11-14-9(12)13-10(15-11)16-8(2)3/h8H,4-7H2,1-3H3,(H2,12,13,14,15). The van der Waals surface area contributed by atoms with Crippen molar-refractivity contribution >= 4 is 17.7 Å². The number of aromatic nitrogens is 3. The lowest BCUT2D eigenvalue weighted by atomic mass is 10.3. The Labute approximate surface area is 107 Å². The molecule has 96 valence electrons. The first-order chi connectivity index (χ1) is 8.11. The fourth-order valence-corrected chi connectivity index (χ4v) is 2.03. The van der Waals surface area contributed by atoms with Crippen molar-refractivity contribution < 1.29 is 4.74 Å². The summed E-state index contributed by atoms with van der Waals surface area (Å²) in [5, 5.41) is 0.643. The van der Waals surface area contributed by atoms with Crippen molar-refractivity contribution in [1.82, 2.24) is 15.0 Å². The number of hydrogen-bond donors (Lipinski definition) is 1. The molecule has 0 spiro atoms. The summed E-state index contributed by atoms with van der Waals surface area (Å²) < 4.78 is 5.41. The fourth-order valence-electron chi connectivity index (χ4n) is 1.20. The van der Waals surface area contributed by atoms with Crippen LogP contribution >= 0.6 is 11.8 Å². The van der Waals surface area contributed by atoms with Gasteiger partial charge in [-0.05, 0) is 20.3 Å². The number of unbranched alkanes of at least 4 members (excludes halogenated alkanes) is 2. The van der Waals surface area contributed by atoms with Gasteiger partial charge in [0.15, 0.2) is 5.16 Å². The van der Waals surface area contributed by atoms with Crippen LogP contribution in [0.25, 0.3) is 0 Å². The molecule has 0 fully saturated rings. The zero-order valence-corrected chi connectivity index (χ0v) is 11.5. The molecule has 0 aromatic carbocycles. The highest BCUT2D eigenvalue weighted by molar-refractivity contribution is 7.99. The highest BCUT2D eigenvalue weighted by Crippen LogP contribution is 2.18. The van der Waals surface area contributed by atoms with Gasteiger partial charge in [-0.2, -0.15) is 15.0 Å². The van der Waals surface area contributed by atoms with E-state index in [-0.39, 0.29) is 12.1 Å². The van der Waals surface area contributed by atoms with E-state index < -0.39 is 0 Å². The van der Waals surface area contributed by atoms with Crippen molar-refractivity contribution in [2.24, 2.45) is 0 Å². The number of thioether (sulfide) groups is 1. The molecule has 0 aliphatic rings. The van der Waals surface area contributed by atoms with Crippen LogP contribution in [-0.2, 0) is 0 Å². The average molecular weight is 256 g/mol. The molecule has 1 heterocycles. The third kappa shape index (κ3) is 5.72. The molecule has 1 aromatic heterocycles. The number of anilines is 1. The molecule has 0 aliphatic heterocycles. The fraction of sp³-hybridized carbons (Fsp3) is 0.727. The Morgan fingerprint density at radius 1 is 1.24 bits per heavy atom. The lowest BCUT2D eigenvalue weighted by Gasteiger charge is -2.08. The average Bonchev–Trinajstić information content (AvgIpc) is 2.22. The normalized spacial score (nSPS) is 10.8.